The molecule has 0 spiro atoms. The normalized spacial score (nSPS) is 11.6. The maximum absolute atomic E-state index is 12.2. The van der Waals surface area contributed by atoms with Crippen LogP contribution in [0.2, 0.25) is 0 Å². The molecule has 138 valence electrons. The molecule has 0 aliphatic heterocycles. The first-order valence-corrected chi connectivity index (χ1v) is 9.24. The summed E-state index contributed by atoms with van der Waals surface area (Å²) in [6, 6.07) is 14.8. The van der Waals surface area contributed by atoms with Crippen molar-refractivity contribution in [3.8, 4) is 5.69 Å². The molecule has 0 saturated carbocycles. The molecule has 27 heavy (non-hydrogen) atoms. The van der Waals surface area contributed by atoms with Gasteiger partial charge in [-0.05, 0) is 52.7 Å². The Balaban J connectivity index is 1.53. The number of hydrogen-bond donors (Lipinski definition) is 2. The van der Waals surface area contributed by atoms with Crippen LogP contribution in [0.3, 0.4) is 0 Å². The van der Waals surface area contributed by atoms with Gasteiger partial charge in [0.25, 0.3) is 5.91 Å². The molecule has 2 N–H and O–H groups in total. The van der Waals surface area contributed by atoms with E-state index in [-0.39, 0.29) is 24.4 Å². The molecule has 0 aliphatic rings. The van der Waals surface area contributed by atoms with E-state index >= 15 is 0 Å². The van der Waals surface area contributed by atoms with Gasteiger partial charge in [0.2, 0.25) is 5.91 Å². The lowest BCUT2D eigenvalue weighted by molar-refractivity contribution is -0.120. The molecule has 0 fully saturated rings. The molecule has 0 unspecified atom stereocenters. The minimum Gasteiger partial charge on any atom is -0.348 e. The number of halogens is 1. The van der Waals surface area contributed by atoms with Crippen molar-refractivity contribution in [2.24, 2.45) is 0 Å². The van der Waals surface area contributed by atoms with Gasteiger partial charge in [0.15, 0.2) is 0 Å². The fourth-order valence-corrected chi connectivity index (χ4v) is 3.09. The van der Waals surface area contributed by atoms with Crippen molar-refractivity contribution in [1.82, 2.24) is 20.2 Å². The summed E-state index contributed by atoms with van der Waals surface area (Å²) in [5.74, 6) is -0.545. The number of rotatable bonds is 6. The third-order valence-electron chi connectivity index (χ3n) is 4.10. The molecule has 3 aromatic rings. The number of carbonyl (C=O) groups excluding carboxylic acids is 2. The van der Waals surface area contributed by atoms with Gasteiger partial charge >= 0.3 is 0 Å². The van der Waals surface area contributed by atoms with Gasteiger partial charge < -0.3 is 15.2 Å². The molecule has 0 radical (unpaired) electrons. The molecular formula is C20H19BrN4O2. The van der Waals surface area contributed by atoms with Crippen LogP contribution in [0.15, 0.2) is 71.7 Å². The van der Waals surface area contributed by atoms with E-state index in [1.165, 1.54) is 0 Å². The second-order valence-corrected chi connectivity index (χ2v) is 6.87. The minimum atomic E-state index is -0.296. The average molecular weight is 427 g/mol. The van der Waals surface area contributed by atoms with E-state index in [0.717, 1.165) is 11.3 Å². The van der Waals surface area contributed by atoms with Crippen LogP contribution < -0.4 is 10.6 Å². The summed E-state index contributed by atoms with van der Waals surface area (Å²) in [4.78, 5) is 28.3. The second kappa shape index (κ2) is 8.64. The molecule has 0 bridgehead atoms. The van der Waals surface area contributed by atoms with Crippen LogP contribution in [0.4, 0.5) is 0 Å². The third-order valence-corrected chi connectivity index (χ3v) is 4.79. The molecule has 1 atom stereocenters. The van der Waals surface area contributed by atoms with Crippen molar-refractivity contribution in [3.63, 3.8) is 0 Å². The van der Waals surface area contributed by atoms with Gasteiger partial charge in [-0.3, -0.25) is 9.59 Å². The molecule has 6 nitrogen and oxygen atoms in total. The van der Waals surface area contributed by atoms with Gasteiger partial charge in [0.1, 0.15) is 0 Å². The van der Waals surface area contributed by atoms with Crippen LogP contribution in [-0.2, 0) is 4.79 Å². The number of aromatic nitrogens is 2. The van der Waals surface area contributed by atoms with Gasteiger partial charge in [-0.25, -0.2) is 4.98 Å². The zero-order chi connectivity index (χ0) is 19.2. The lowest BCUT2D eigenvalue weighted by Crippen LogP contribution is -2.38. The number of nitrogens with one attached hydrogen (secondary N) is 2. The third kappa shape index (κ3) is 4.83. The molecule has 1 heterocycles. The summed E-state index contributed by atoms with van der Waals surface area (Å²) in [6.45, 7) is 1.82. The Bertz CT molecular complexity index is 923. The number of carbonyl (C=O) groups is 2. The monoisotopic (exact) mass is 426 g/mol. The molecule has 2 aromatic carbocycles. The Morgan fingerprint density at radius 3 is 2.56 bits per heavy atom. The van der Waals surface area contributed by atoms with Gasteiger partial charge in [-0.15, -0.1) is 0 Å². The quantitative estimate of drug-likeness (QED) is 0.634. The lowest BCUT2D eigenvalue weighted by atomic mass is 10.1. The van der Waals surface area contributed by atoms with Crippen molar-refractivity contribution in [3.05, 3.63) is 82.9 Å². The van der Waals surface area contributed by atoms with Gasteiger partial charge in [-0.1, -0.05) is 24.3 Å². The Hall–Kier alpha value is -2.93. The largest absolute Gasteiger partial charge is 0.348 e. The van der Waals surface area contributed by atoms with Crippen molar-refractivity contribution in [2.45, 2.75) is 13.0 Å². The highest BCUT2D eigenvalue weighted by molar-refractivity contribution is 9.10. The molecule has 0 saturated heterocycles. The topological polar surface area (TPSA) is 76.0 Å². The summed E-state index contributed by atoms with van der Waals surface area (Å²) < 4.78 is 2.60. The van der Waals surface area contributed by atoms with Gasteiger partial charge in [-0.2, -0.15) is 0 Å². The van der Waals surface area contributed by atoms with Crippen LogP contribution in [0.5, 0.6) is 0 Å². The highest BCUT2D eigenvalue weighted by Crippen LogP contribution is 2.16. The van der Waals surface area contributed by atoms with Crippen molar-refractivity contribution in [2.75, 3.05) is 6.54 Å². The lowest BCUT2D eigenvalue weighted by Gasteiger charge is -2.15. The van der Waals surface area contributed by atoms with E-state index in [2.05, 4.69) is 31.5 Å². The first kappa shape index (κ1) is 18.8. The average Bonchev–Trinajstić information content (AvgIpc) is 3.21. The first-order valence-electron chi connectivity index (χ1n) is 8.45. The van der Waals surface area contributed by atoms with E-state index < -0.39 is 0 Å². The Kier molecular flexibility index (Phi) is 6.03. The van der Waals surface area contributed by atoms with Crippen LogP contribution in [0.1, 0.15) is 28.9 Å². The highest BCUT2D eigenvalue weighted by atomic mass is 79.9. The van der Waals surface area contributed by atoms with E-state index in [1.807, 2.05) is 48.0 Å². The molecule has 2 amide bonds. The van der Waals surface area contributed by atoms with Crippen LogP contribution in [0.25, 0.3) is 5.69 Å². The molecule has 7 heteroatoms. The first-order chi connectivity index (χ1) is 13.0. The number of imidazole rings is 1. The number of nitrogens with zero attached hydrogens (tertiary/aromatic N) is 2. The molecular weight excluding hydrogens is 408 g/mol. The molecule has 0 aliphatic carbocycles. The number of hydrogen-bond acceptors (Lipinski definition) is 3. The zero-order valence-electron chi connectivity index (χ0n) is 14.7. The summed E-state index contributed by atoms with van der Waals surface area (Å²) in [7, 11) is 0. The second-order valence-electron chi connectivity index (χ2n) is 6.01. The summed E-state index contributed by atoms with van der Waals surface area (Å²) in [5, 5.41) is 5.52. The fraction of sp³-hybridized carbons (Fsp3) is 0.150. The van der Waals surface area contributed by atoms with Crippen LogP contribution >= 0.6 is 15.9 Å². The van der Waals surface area contributed by atoms with Crippen LogP contribution in [-0.4, -0.2) is 27.9 Å². The van der Waals surface area contributed by atoms with Crippen molar-refractivity contribution in [1.29, 1.82) is 0 Å². The zero-order valence-corrected chi connectivity index (χ0v) is 16.3. The van der Waals surface area contributed by atoms with E-state index in [9.17, 15) is 9.59 Å². The van der Waals surface area contributed by atoms with Gasteiger partial charge in [0.05, 0.1) is 24.5 Å². The number of benzene rings is 2. The predicted molar refractivity (Wildman–Crippen MR) is 107 cm³/mol. The maximum Gasteiger partial charge on any atom is 0.252 e. The van der Waals surface area contributed by atoms with E-state index in [0.29, 0.717) is 10.0 Å². The minimum absolute atomic E-state index is 0.0857. The summed E-state index contributed by atoms with van der Waals surface area (Å²) in [6.07, 6.45) is 5.32. The van der Waals surface area contributed by atoms with Crippen LogP contribution in [0, 0.1) is 0 Å². The molecule has 3 rings (SSSR count). The summed E-state index contributed by atoms with van der Waals surface area (Å²) in [5.41, 5.74) is 2.47. The standard InChI is InChI=1S/C20H19BrN4O2/c1-14(15-6-8-16(9-7-15)25-11-10-22-13-25)24-19(26)12-23-20(27)17-4-2-3-5-18(17)21/h2-11,13-14H,12H2,1H3,(H,23,27)(H,24,26)/t14-/m1/s1. The Labute approximate surface area is 165 Å². The maximum atomic E-state index is 12.2. The van der Waals surface area contributed by atoms with Gasteiger partial charge in [0, 0.05) is 22.6 Å². The van der Waals surface area contributed by atoms with E-state index in [1.54, 1.807) is 30.7 Å². The van der Waals surface area contributed by atoms with Crippen molar-refractivity contribution >= 4 is 27.7 Å². The Morgan fingerprint density at radius 1 is 1.15 bits per heavy atom. The smallest absolute Gasteiger partial charge is 0.252 e. The molecule has 1 aromatic heterocycles. The van der Waals surface area contributed by atoms with Crippen molar-refractivity contribution < 1.29 is 9.59 Å². The Morgan fingerprint density at radius 2 is 1.89 bits per heavy atom. The predicted octanol–water partition coefficient (Wildman–Crippen LogP) is 3.24. The number of amides is 2. The fourth-order valence-electron chi connectivity index (χ4n) is 2.62. The highest BCUT2D eigenvalue weighted by Gasteiger charge is 2.13. The summed E-state index contributed by atoms with van der Waals surface area (Å²) >= 11 is 3.33. The SMILES string of the molecule is C[C@@H](NC(=O)CNC(=O)c1ccccc1Br)c1ccc(-n2ccnc2)cc1. The van der Waals surface area contributed by atoms with E-state index in [4.69, 9.17) is 0 Å².